The summed E-state index contributed by atoms with van der Waals surface area (Å²) in [6, 6.07) is 6.56. The number of benzene rings is 1. The number of nitrogens with zero attached hydrogens (tertiary/aromatic N) is 3. The van der Waals surface area contributed by atoms with Gasteiger partial charge in [-0.15, -0.1) is 0 Å². The van der Waals surface area contributed by atoms with Crippen molar-refractivity contribution in [2.24, 2.45) is 16.7 Å². The number of hydrogen-bond acceptors (Lipinski definition) is 4. The van der Waals surface area contributed by atoms with Crippen LogP contribution < -0.4 is 5.48 Å². The molecule has 0 saturated carbocycles. The van der Waals surface area contributed by atoms with Crippen molar-refractivity contribution >= 4 is 11.0 Å². The first kappa shape index (κ1) is 24.4. The molecule has 1 unspecified atom stereocenters. The van der Waals surface area contributed by atoms with Gasteiger partial charge in [-0.3, -0.25) is 10.7 Å². The minimum absolute atomic E-state index is 0.146. The first-order valence-electron chi connectivity index (χ1n) is 11.1. The molecule has 0 amide bonds. The van der Waals surface area contributed by atoms with Crippen molar-refractivity contribution < 1.29 is 5.21 Å². The smallest absolute Gasteiger partial charge is 0.110 e. The number of hydroxylamine groups is 1. The van der Waals surface area contributed by atoms with E-state index in [4.69, 9.17) is 10.2 Å². The third-order valence-corrected chi connectivity index (χ3v) is 5.26. The van der Waals surface area contributed by atoms with Gasteiger partial charge >= 0.3 is 0 Å². The molecule has 2 rings (SSSR count). The highest BCUT2D eigenvalue weighted by atomic mass is 16.5. The lowest BCUT2D eigenvalue weighted by Gasteiger charge is -2.30. The number of hydrogen-bond donors (Lipinski definition) is 2. The van der Waals surface area contributed by atoms with Gasteiger partial charge in [0.25, 0.3) is 0 Å². The second-order valence-electron chi connectivity index (χ2n) is 11.1. The van der Waals surface area contributed by atoms with Gasteiger partial charge in [0.05, 0.1) is 11.0 Å². The summed E-state index contributed by atoms with van der Waals surface area (Å²) in [4.78, 5) is 7.36. The Labute approximate surface area is 183 Å². The molecular formula is C25H42N4O. The molecule has 0 fully saturated rings. The molecule has 1 aromatic carbocycles. The summed E-state index contributed by atoms with van der Waals surface area (Å²) in [7, 11) is 4.28. The van der Waals surface area contributed by atoms with Gasteiger partial charge < -0.3 is 9.47 Å². The van der Waals surface area contributed by atoms with Crippen molar-refractivity contribution in [1.82, 2.24) is 19.9 Å². The van der Waals surface area contributed by atoms with Crippen molar-refractivity contribution in [2.75, 3.05) is 20.6 Å². The lowest BCUT2D eigenvalue weighted by molar-refractivity contribution is 0.210. The molecule has 1 aromatic heterocycles. The molecule has 5 heteroatoms. The van der Waals surface area contributed by atoms with Crippen molar-refractivity contribution in [3.05, 3.63) is 41.9 Å². The van der Waals surface area contributed by atoms with E-state index in [2.05, 4.69) is 88.8 Å². The number of aromatic nitrogens is 2. The molecule has 1 heterocycles. The van der Waals surface area contributed by atoms with E-state index < -0.39 is 0 Å². The molecule has 0 saturated heterocycles. The molecule has 0 aliphatic carbocycles. The van der Waals surface area contributed by atoms with Crippen LogP contribution in [0.5, 0.6) is 0 Å². The van der Waals surface area contributed by atoms with E-state index in [1.54, 1.807) is 6.20 Å². The van der Waals surface area contributed by atoms with Gasteiger partial charge in [-0.05, 0) is 61.4 Å². The predicted molar refractivity (Wildman–Crippen MR) is 127 cm³/mol. The summed E-state index contributed by atoms with van der Waals surface area (Å²) in [6.07, 6.45) is 6.39. The van der Waals surface area contributed by atoms with Crippen LogP contribution in [0.1, 0.15) is 59.4 Å². The maximum absolute atomic E-state index is 8.73. The summed E-state index contributed by atoms with van der Waals surface area (Å²) in [5, 5.41) is 8.73. The largest absolute Gasteiger partial charge is 0.327 e. The normalized spacial score (nSPS) is 14.2. The lowest BCUT2D eigenvalue weighted by atomic mass is 9.84. The summed E-state index contributed by atoms with van der Waals surface area (Å²) >= 11 is 0. The minimum Gasteiger partial charge on any atom is -0.327 e. The predicted octanol–water partition coefficient (Wildman–Crippen LogP) is 5.27. The van der Waals surface area contributed by atoms with E-state index in [1.807, 2.05) is 6.08 Å². The molecule has 0 radical (unpaired) electrons. The molecule has 0 bridgehead atoms. The van der Waals surface area contributed by atoms with E-state index in [0.29, 0.717) is 11.3 Å². The first-order valence-corrected chi connectivity index (χ1v) is 11.1. The quantitative estimate of drug-likeness (QED) is 0.520. The Morgan fingerprint density at radius 1 is 1.20 bits per heavy atom. The highest BCUT2D eigenvalue weighted by Crippen LogP contribution is 2.30. The Kier molecular flexibility index (Phi) is 8.12. The Morgan fingerprint density at radius 2 is 1.90 bits per heavy atom. The average molecular weight is 415 g/mol. The highest BCUT2D eigenvalue weighted by molar-refractivity contribution is 5.77. The van der Waals surface area contributed by atoms with Crippen LogP contribution in [-0.4, -0.2) is 40.3 Å². The zero-order chi connectivity index (χ0) is 22.5. The second-order valence-corrected chi connectivity index (χ2v) is 11.1. The molecule has 0 aliphatic rings. The maximum Gasteiger partial charge on any atom is 0.110 e. The molecule has 2 aromatic rings. The zero-order valence-electron chi connectivity index (χ0n) is 20.3. The Hall–Kier alpha value is -1.85. The minimum atomic E-state index is 0.146. The van der Waals surface area contributed by atoms with Gasteiger partial charge in [0.15, 0.2) is 0 Å². The number of nitrogens with one attached hydrogen (secondary N) is 1. The standard InChI is InChI=1S/C25H42N4O/c1-19(16-24(2,3)4)14-23-27-21-15-20(10-9-13-26-30)11-12-22(21)29(23)18-25(5,6)17-28(7)8/h9,11-13,15,19,26,30H,10,14,16-18H2,1-8H3/b13-9+. The summed E-state index contributed by atoms with van der Waals surface area (Å²) in [6.45, 7) is 15.9. The Bertz CT molecular complexity index is 843. The van der Waals surface area contributed by atoms with Crippen LogP contribution in [0.15, 0.2) is 30.5 Å². The van der Waals surface area contributed by atoms with Crippen molar-refractivity contribution in [2.45, 2.75) is 67.3 Å². The Morgan fingerprint density at radius 3 is 2.50 bits per heavy atom. The molecular weight excluding hydrogens is 372 g/mol. The molecule has 30 heavy (non-hydrogen) atoms. The zero-order valence-corrected chi connectivity index (χ0v) is 20.3. The SMILES string of the molecule is CC(Cc1nc2cc(C/C=C/NO)ccc2n1CC(C)(C)CN(C)C)CC(C)(C)C. The molecule has 2 N–H and O–H groups in total. The van der Waals surface area contributed by atoms with Crippen molar-refractivity contribution in [3.8, 4) is 0 Å². The summed E-state index contributed by atoms with van der Waals surface area (Å²) in [5.74, 6) is 1.77. The van der Waals surface area contributed by atoms with Crippen LogP contribution in [-0.2, 0) is 19.4 Å². The average Bonchev–Trinajstić information content (AvgIpc) is 2.88. The fraction of sp³-hybridized carbons (Fsp3) is 0.640. The van der Waals surface area contributed by atoms with Crippen LogP contribution in [0.4, 0.5) is 0 Å². The third-order valence-electron chi connectivity index (χ3n) is 5.26. The van der Waals surface area contributed by atoms with E-state index in [9.17, 15) is 0 Å². The number of imidazole rings is 1. The fourth-order valence-corrected chi connectivity index (χ4v) is 4.70. The lowest BCUT2D eigenvalue weighted by Crippen LogP contribution is -2.33. The van der Waals surface area contributed by atoms with E-state index in [1.165, 1.54) is 23.3 Å². The summed E-state index contributed by atoms with van der Waals surface area (Å²) in [5.41, 5.74) is 6.01. The molecule has 0 spiro atoms. The number of fused-ring (bicyclic) bond motifs is 1. The van der Waals surface area contributed by atoms with E-state index in [0.717, 1.165) is 31.4 Å². The number of rotatable bonds is 10. The maximum atomic E-state index is 8.73. The van der Waals surface area contributed by atoms with Gasteiger partial charge in [-0.2, -0.15) is 0 Å². The Balaban J connectivity index is 2.40. The van der Waals surface area contributed by atoms with Crippen molar-refractivity contribution in [3.63, 3.8) is 0 Å². The van der Waals surface area contributed by atoms with Crippen LogP contribution in [0, 0.1) is 16.7 Å². The van der Waals surface area contributed by atoms with E-state index >= 15 is 0 Å². The summed E-state index contributed by atoms with van der Waals surface area (Å²) < 4.78 is 2.45. The van der Waals surface area contributed by atoms with Crippen LogP contribution >= 0.6 is 0 Å². The highest BCUT2D eigenvalue weighted by Gasteiger charge is 2.24. The van der Waals surface area contributed by atoms with Crippen molar-refractivity contribution in [1.29, 1.82) is 0 Å². The second kappa shape index (κ2) is 9.97. The topological polar surface area (TPSA) is 53.3 Å². The van der Waals surface area contributed by atoms with Gasteiger partial charge in [-0.25, -0.2) is 4.98 Å². The molecule has 1 atom stereocenters. The first-order chi connectivity index (χ1) is 13.9. The van der Waals surface area contributed by atoms with Gasteiger partial charge in [0.2, 0.25) is 0 Å². The van der Waals surface area contributed by atoms with Gasteiger partial charge in [0.1, 0.15) is 5.82 Å². The van der Waals surface area contributed by atoms with E-state index in [-0.39, 0.29) is 5.41 Å². The van der Waals surface area contributed by atoms with Crippen LogP contribution in [0.25, 0.3) is 11.0 Å². The molecule has 168 valence electrons. The molecule has 0 aliphatic heterocycles. The van der Waals surface area contributed by atoms with Crippen LogP contribution in [0.3, 0.4) is 0 Å². The van der Waals surface area contributed by atoms with Gasteiger partial charge in [-0.1, -0.05) is 53.7 Å². The monoisotopic (exact) mass is 414 g/mol. The fourth-order valence-electron chi connectivity index (χ4n) is 4.70. The number of allylic oxidation sites excluding steroid dienone is 1. The van der Waals surface area contributed by atoms with Crippen LogP contribution in [0.2, 0.25) is 0 Å². The van der Waals surface area contributed by atoms with Gasteiger partial charge in [0, 0.05) is 25.7 Å². The molecule has 5 nitrogen and oxygen atoms in total. The third kappa shape index (κ3) is 7.44.